The average molecular weight is 322 g/mol. The Hall–Kier alpha value is -1.79. The predicted molar refractivity (Wildman–Crippen MR) is 69.8 cm³/mol. The van der Waals surface area contributed by atoms with Crippen LogP contribution < -0.4 is 10.1 Å². The molecule has 1 heterocycles. The van der Waals surface area contributed by atoms with Gasteiger partial charge in [0.1, 0.15) is 5.75 Å². The fourth-order valence-corrected chi connectivity index (χ4v) is 1.85. The Balaban J connectivity index is 2.13. The molecule has 0 saturated carbocycles. The number of carbonyl (C=O) groups excluding carboxylic acids is 1. The Kier molecular flexibility index (Phi) is 4.46. The van der Waals surface area contributed by atoms with Crippen molar-refractivity contribution < 1.29 is 22.7 Å². The second-order valence-corrected chi connectivity index (χ2v) is 4.34. The van der Waals surface area contributed by atoms with Crippen molar-refractivity contribution in [1.82, 2.24) is 0 Å². The van der Waals surface area contributed by atoms with Crippen LogP contribution in [0.1, 0.15) is 10.4 Å². The number of carbonyl (C=O) groups is 1. The molecule has 0 bridgehead atoms. The molecule has 1 aromatic carbocycles. The smallest absolute Gasteiger partial charge is 0.387 e. The van der Waals surface area contributed by atoms with Gasteiger partial charge in [-0.05, 0) is 35.9 Å². The van der Waals surface area contributed by atoms with Gasteiger partial charge in [0.05, 0.1) is 16.8 Å². The summed E-state index contributed by atoms with van der Waals surface area (Å²) in [5.41, 5.74) is 0.453. The van der Waals surface area contributed by atoms with Crippen LogP contribution in [0.15, 0.2) is 34.9 Å². The topological polar surface area (TPSA) is 51.5 Å². The maximum atomic E-state index is 12.1. The third-order valence-electron chi connectivity index (χ3n) is 2.27. The zero-order valence-corrected chi connectivity index (χ0v) is 11.2. The minimum absolute atomic E-state index is 0.0498. The summed E-state index contributed by atoms with van der Waals surface area (Å²) in [6.45, 7) is -2.97. The molecule has 0 aliphatic heterocycles. The van der Waals surface area contributed by atoms with Crippen molar-refractivity contribution in [3.63, 3.8) is 0 Å². The molecule has 0 fully saturated rings. The van der Waals surface area contributed by atoms with E-state index in [0.717, 1.165) is 0 Å². The van der Waals surface area contributed by atoms with E-state index in [1.807, 2.05) is 0 Å². The van der Waals surface area contributed by atoms with E-state index in [4.69, 9.17) is 27.6 Å². The van der Waals surface area contributed by atoms with Crippen LogP contribution in [-0.4, -0.2) is 12.5 Å². The Bertz CT molecular complexity index is 631. The monoisotopic (exact) mass is 321 g/mol. The first kappa shape index (κ1) is 14.6. The summed E-state index contributed by atoms with van der Waals surface area (Å²) in [6, 6.07) is 5.27. The van der Waals surface area contributed by atoms with E-state index in [1.54, 1.807) is 0 Å². The first-order valence-corrected chi connectivity index (χ1v) is 6.01. The number of anilines is 1. The molecule has 4 nitrogen and oxygen atoms in total. The molecule has 0 aliphatic rings. The molecule has 20 heavy (non-hydrogen) atoms. The number of rotatable bonds is 4. The number of hydrogen-bond acceptors (Lipinski definition) is 3. The molecular formula is C12H7Cl2F2NO3. The number of halogens is 4. The summed E-state index contributed by atoms with van der Waals surface area (Å²) < 4.78 is 33.1. The standard InChI is InChI=1S/C12H7Cl2F2NO3/c13-8-5-6(1-2-9(8)20-12(15)16)17-11(18)7-3-4-19-10(7)14/h1-5,12H,(H,17,18). The van der Waals surface area contributed by atoms with Crippen LogP contribution >= 0.6 is 23.2 Å². The van der Waals surface area contributed by atoms with E-state index >= 15 is 0 Å². The van der Waals surface area contributed by atoms with Gasteiger partial charge < -0.3 is 14.5 Å². The molecule has 0 unspecified atom stereocenters. The first-order valence-electron chi connectivity index (χ1n) is 5.26. The molecule has 2 aromatic rings. The SMILES string of the molecule is O=C(Nc1ccc(OC(F)F)c(Cl)c1)c1ccoc1Cl. The third-order valence-corrected chi connectivity index (χ3v) is 2.86. The van der Waals surface area contributed by atoms with Crippen molar-refractivity contribution in [3.05, 3.63) is 46.3 Å². The summed E-state index contributed by atoms with van der Waals surface area (Å²) in [5, 5.41) is 2.39. The number of ether oxygens (including phenoxy) is 1. The van der Waals surface area contributed by atoms with Crippen LogP contribution in [0.25, 0.3) is 0 Å². The second-order valence-electron chi connectivity index (χ2n) is 3.59. The zero-order valence-electron chi connectivity index (χ0n) is 9.70. The highest BCUT2D eigenvalue weighted by Crippen LogP contribution is 2.29. The van der Waals surface area contributed by atoms with Crippen LogP contribution in [0.3, 0.4) is 0 Å². The maximum Gasteiger partial charge on any atom is 0.387 e. The summed E-state index contributed by atoms with van der Waals surface area (Å²) in [6.07, 6.45) is 1.27. The van der Waals surface area contributed by atoms with E-state index in [9.17, 15) is 13.6 Å². The van der Waals surface area contributed by atoms with Crippen LogP contribution in [0.4, 0.5) is 14.5 Å². The fraction of sp³-hybridized carbons (Fsp3) is 0.0833. The third kappa shape index (κ3) is 3.40. The number of hydrogen-bond donors (Lipinski definition) is 1. The predicted octanol–water partition coefficient (Wildman–Crippen LogP) is 4.44. The van der Waals surface area contributed by atoms with Gasteiger partial charge >= 0.3 is 6.61 Å². The molecule has 1 N–H and O–H groups in total. The lowest BCUT2D eigenvalue weighted by atomic mass is 10.2. The van der Waals surface area contributed by atoms with Gasteiger partial charge in [-0.15, -0.1) is 0 Å². The molecule has 0 atom stereocenters. The van der Waals surface area contributed by atoms with Crippen LogP contribution in [0.5, 0.6) is 5.75 Å². The number of amides is 1. The van der Waals surface area contributed by atoms with Crippen molar-refractivity contribution in [1.29, 1.82) is 0 Å². The minimum atomic E-state index is -2.97. The van der Waals surface area contributed by atoms with E-state index in [-0.39, 0.29) is 21.6 Å². The lowest BCUT2D eigenvalue weighted by Gasteiger charge is -2.09. The zero-order chi connectivity index (χ0) is 14.7. The van der Waals surface area contributed by atoms with Gasteiger partial charge in [0.2, 0.25) is 5.22 Å². The van der Waals surface area contributed by atoms with Gasteiger partial charge in [-0.25, -0.2) is 0 Å². The Morgan fingerprint density at radius 3 is 2.60 bits per heavy atom. The van der Waals surface area contributed by atoms with Gasteiger partial charge in [0.15, 0.2) is 0 Å². The number of alkyl halides is 2. The fourth-order valence-electron chi connectivity index (χ4n) is 1.42. The molecule has 0 aliphatic carbocycles. The largest absolute Gasteiger partial charge is 0.452 e. The Morgan fingerprint density at radius 1 is 1.30 bits per heavy atom. The Labute approximate surface area is 122 Å². The van der Waals surface area contributed by atoms with Crippen molar-refractivity contribution in [2.24, 2.45) is 0 Å². The van der Waals surface area contributed by atoms with Crippen LogP contribution in [-0.2, 0) is 0 Å². The molecule has 0 saturated heterocycles. The minimum Gasteiger partial charge on any atom is -0.452 e. The summed E-state index contributed by atoms with van der Waals surface area (Å²) in [7, 11) is 0. The van der Waals surface area contributed by atoms with E-state index in [2.05, 4.69) is 10.1 Å². The molecular weight excluding hydrogens is 315 g/mol. The number of furan rings is 1. The Morgan fingerprint density at radius 2 is 2.05 bits per heavy atom. The lowest BCUT2D eigenvalue weighted by Crippen LogP contribution is -2.11. The highest BCUT2D eigenvalue weighted by atomic mass is 35.5. The number of nitrogens with one attached hydrogen (secondary N) is 1. The van der Waals surface area contributed by atoms with E-state index < -0.39 is 12.5 Å². The lowest BCUT2D eigenvalue weighted by molar-refractivity contribution is -0.0497. The number of benzene rings is 1. The molecule has 1 aromatic heterocycles. The highest BCUT2D eigenvalue weighted by molar-refractivity contribution is 6.33. The second kappa shape index (κ2) is 6.11. The maximum absolute atomic E-state index is 12.1. The highest BCUT2D eigenvalue weighted by Gasteiger charge is 2.14. The molecule has 106 valence electrons. The summed E-state index contributed by atoms with van der Waals surface area (Å²) in [5.74, 6) is -0.691. The normalized spacial score (nSPS) is 10.7. The van der Waals surface area contributed by atoms with E-state index in [0.29, 0.717) is 5.69 Å². The van der Waals surface area contributed by atoms with Gasteiger partial charge in [0, 0.05) is 5.69 Å². The van der Waals surface area contributed by atoms with Crippen molar-refractivity contribution in [2.75, 3.05) is 5.32 Å². The first-order chi connectivity index (χ1) is 9.47. The summed E-state index contributed by atoms with van der Waals surface area (Å²) >= 11 is 11.4. The molecule has 0 radical (unpaired) electrons. The molecule has 1 amide bonds. The molecule has 2 rings (SSSR count). The van der Waals surface area contributed by atoms with Gasteiger partial charge in [-0.2, -0.15) is 8.78 Å². The quantitative estimate of drug-likeness (QED) is 0.905. The summed E-state index contributed by atoms with van der Waals surface area (Å²) in [4.78, 5) is 11.8. The van der Waals surface area contributed by atoms with Crippen molar-refractivity contribution >= 4 is 34.8 Å². The van der Waals surface area contributed by atoms with Crippen molar-refractivity contribution in [2.45, 2.75) is 6.61 Å². The van der Waals surface area contributed by atoms with Gasteiger partial charge in [-0.1, -0.05) is 11.6 Å². The van der Waals surface area contributed by atoms with Gasteiger partial charge in [0.25, 0.3) is 5.91 Å². The molecule has 0 spiro atoms. The van der Waals surface area contributed by atoms with E-state index in [1.165, 1.54) is 30.5 Å². The van der Waals surface area contributed by atoms with Crippen LogP contribution in [0.2, 0.25) is 10.2 Å². The average Bonchev–Trinajstić information content (AvgIpc) is 2.78. The van der Waals surface area contributed by atoms with Crippen molar-refractivity contribution in [3.8, 4) is 5.75 Å². The van der Waals surface area contributed by atoms with Crippen LogP contribution in [0, 0.1) is 0 Å². The molecule has 8 heteroatoms. The van der Waals surface area contributed by atoms with Gasteiger partial charge in [-0.3, -0.25) is 4.79 Å².